The molecule has 0 spiro atoms. The summed E-state index contributed by atoms with van der Waals surface area (Å²) in [5.74, 6) is -11.5. The van der Waals surface area contributed by atoms with Crippen LogP contribution in [-0.4, -0.2) is 21.9 Å². The summed E-state index contributed by atoms with van der Waals surface area (Å²) in [4.78, 5) is 0. The lowest BCUT2D eigenvalue weighted by molar-refractivity contribution is -0.191. The lowest BCUT2D eigenvalue weighted by Gasteiger charge is -2.27. The van der Waals surface area contributed by atoms with Crippen LogP contribution in [0.3, 0.4) is 0 Å². The zero-order chi connectivity index (χ0) is 13.8. The van der Waals surface area contributed by atoms with Crippen LogP contribution in [0.5, 0.6) is 0 Å². The van der Waals surface area contributed by atoms with Crippen molar-refractivity contribution in [1.82, 2.24) is 0 Å². The van der Waals surface area contributed by atoms with Gasteiger partial charge in [-0.25, -0.2) is 8.78 Å². The monoisotopic (exact) mass is 284 g/mol. The third-order valence-electron chi connectivity index (χ3n) is 1.82. The topological polar surface area (TPSA) is 40.5 Å². The van der Waals surface area contributed by atoms with Crippen molar-refractivity contribution >= 4 is 11.6 Å². The van der Waals surface area contributed by atoms with Gasteiger partial charge < -0.3 is 10.2 Å². The van der Waals surface area contributed by atoms with E-state index < -0.39 is 47.8 Å². The predicted octanol–water partition coefficient (Wildman–Crippen LogP) is 3.07. The van der Waals surface area contributed by atoms with Gasteiger partial charge in [-0.15, -0.1) is 11.6 Å². The van der Waals surface area contributed by atoms with Gasteiger partial charge in [0.15, 0.2) is 17.4 Å². The Balaban J connectivity index is 5.15. The summed E-state index contributed by atoms with van der Waals surface area (Å²) in [5.41, 5.74) is 0. The molecule has 0 aliphatic rings. The van der Waals surface area contributed by atoms with Crippen LogP contribution in [-0.2, 0) is 0 Å². The maximum absolute atomic E-state index is 12.7. The second kappa shape index (κ2) is 6.27. The Morgan fingerprint density at radius 3 is 1.76 bits per heavy atom. The number of halogens is 7. The number of hydrogen-bond acceptors (Lipinski definition) is 2. The van der Waals surface area contributed by atoms with Crippen molar-refractivity contribution in [2.45, 2.75) is 12.2 Å². The van der Waals surface area contributed by atoms with Crippen LogP contribution >= 0.6 is 11.6 Å². The Kier molecular flexibility index (Phi) is 6.00. The van der Waals surface area contributed by atoms with Gasteiger partial charge in [0.1, 0.15) is 0 Å². The molecule has 9 heteroatoms. The molecule has 0 heterocycles. The van der Waals surface area contributed by atoms with E-state index in [1.54, 1.807) is 0 Å². The van der Waals surface area contributed by atoms with Crippen molar-refractivity contribution in [3.63, 3.8) is 0 Å². The molecule has 0 radical (unpaired) electrons. The van der Waals surface area contributed by atoms with Crippen molar-refractivity contribution < 1.29 is 36.6 Å². The van der Waals surface area contributed by atoms with Gasteiger partial charge in [0.2, 0.25) is 0 Å². The number of alkyl halides is 1. The minimum Gasteiger partial charge on any atom is -0.365 e. The molecule has 2 nitrogen and oxygen atoms in total. The molecule has 2 N–H and O–H groups in total. The normalized spacial score (nSPS) is 13.2. The number of rotatable bonds is 5. The molecule has 0 amide bonds. The first-order chi connectivity index (χ1) is 7.63. The molecule has 1 atom stereocenters. The van der Waals surface area contributed by atoms with Crippen LogP contribution in [0.1, 0.15) is 6.42 Å². The minimum absolute atomic E-state index is 1.06. The highest BCUT2D eigenvalue weighted by molar-refractivity contribution is 6.18. The van der Waals surface area contributed by atoms with Gasteiger partial charge in [-0.2, -0.15) is 17.6 Å². The van der Waals surface area contributed by atoms with Crippen LogP contribution in [0, 0.1) is 5.92 Å². The summed E-state index contributed by atoms with van der Waals surface area (Å²) in [7, 11) is 0. The molecular formula is C8H7ClF6O2. The Morgan fingerprint density at radius 1 is 1.00 bits per heavy atom. The van der Waals surface area contributed by atoms with Crippen LogP contribution in [0.15, 0.2) is 23.8 Å². The predicted molar refractivity (Wildman–Crippen MR) is 46.7 cm³/mol. The SMILES string of the molecule is OC(O)(CC(F)=C(F)F)C(CCl)C(F)=C(F)F. The van der Waals surface area contributed by atoms with Crippen molar-refractivity contribution in [1.29, 1.82) is 0 Å². The molecule has 0 saturated heterocycles. The van der Waals surface area contributed by atoms with Gasteiger partial charge in [0.05, 0.1) is 12.3 Å². The lowest BCUT2D eigenvalue weighted by atomic mass is 9.96. The van der Waals surface area contributed by atoms with Gasteiger partial charge in [-0.3, -0.25) is 0 Å². The molecule has 1 unspecified atom stereocenters. The zero-order valence-electron chi connectivity index (χ0n) is 8.03. The van der Waals surface area contributed by atoms with Crippen LogP contribution in [0.4, 0.5) is 26.3 Å². The maximum atomic E-state index is 12.7. The first kappa shape index (κ1) is 16.3. The summed E-state index contributed by atoms with van der Waals surface area (Å²) < 4.78 is 72.2. The first-order valence-corrected chi connectivity index (χ1v) is 4.58. The number of hydrogen-bond donors (Lipinski definition) is 2. The fraction of sp³-hybridized carbons (Fsp3) is 0.500. The molecule has 0 aromatic rings. The minimum atomic E-state index is -3.48. The Hall–Kier alpha value is -0.730. The highest BCUT2D eigenvalue weighted by atomic mass is 35.5. The number of aliphatic hydroxyl groups is 2. The molecule has 0 aliphatic carbocycles. The van der Waals surface area contributed by atoms with Gasteiger partial charge >= 0.3 is 12.2 Å². The highest BCUT2D eigenvalue weighted by Gasteiger charge is 2.41. The van der Waals surface area contributed by atoms with Crippen LogP contribution < -0.4 is 0 Å². The summed E-state index contributed by atoms with van der Waals surface area (Å²) >= 11 is 5.00. The Morgan fingerprint density at radius 2 is 1.47 bits per heavy atom. The Labute approximate surface area is 96.8 Å². The van der Waals surface area contributed by atoms with E-state index in [1.165, 1.54) is 0 Å². The molecule has 0 aliphatic heterocycles. The zero-order valence-corrected chi connectivity index (χ0v) is 8.79. The largest absolute Gasteiger partial charge is 0.365 e. The van der Waals surface area contributed by atoms with Crippen LogP contribution in [0.25, 0.3) is 0 Å². The molecule has 0 aromatic carbocycles. The quantitative estimate of drug-likeness (QED) is 0.463. The van der Waals surface area contributed by atoms with Gasteiger partial charge in [-0.1, -0.05) is 0 Å². The second-order valence-corrected chi connectivity index (χ2v) is 3.34. The molecule has 0 aromatic heterocycles. The molecule has 100 valence electrons. The van der Waals surface area contributed by atoms with Gasteiger partial charge in [0, 0.05) is 5.88 Å². The summed E-state index contributed by atoms with van der Waals surface area (Å²) in [6.45, 7) is 0. The fourth-order valence-electron chi connectivity index (χ4n) is 0.944. The molecule has 0 fully saturated rings. The molecule has 0 rings (SSSR count). The molecular weight excluding hydrogens is 278 g/mol. The van der Waals surface area contributed by atoms with E-state index in [0.717, 1.165) is 0 Å². The van der Waals surface area contributed by atoms with Crippen LogP contribution in [0.2, 0.25) is 0 Å². The van der Waals surface area contributed by atoms with E-state index in [-0.39, 0.29) is 0 Å². The summed E-state index contributed by atoms with van der Waals surface area (Å²) in [6, 6.07) is 0. The van der Waals surface area contributed by atoms with Crippen molar-refractivity contribution in [2.75, 3.05) is 5.88 Å². The third kappa shape index (κ3) is 4.57. The lowest BCUT2D eigenvalue weighted by Crippen LogP contribution is -2.39. The van der Waals surface area contributed by atoms with E-state index in [0.29, 0.717) is 0 Å². The van der Waals surface area contributed by atoms with E-state index >= 15 is 0 Å². The van der Waals surface area contributed by atoms with Crippen molar-refractivity contribution in [2.24, 2.45) is 5.92 Å². The van der Waals surface area contributed by atoms with Gasteiger partial charge in [-0.05, 0) is 0 Å². The standard InChI is InChI=1S/C8H7ClF6O2/c9-2-3(5(11)7(14)15)8(16,17)1-4(10)6(12)13/h3,16-17H,1-2H2. The second-order valence-electron chi connectivity index (χ2n) is 3.04. The van der Waals surface area contributed by atoms with E-state index in [1.807, 2.05) is 0 Å². The van der Waals surface area contributed by atoms with Gasteiger partial charge in [0.25, 0.3) is 0 Å². The van der Waals surface area contributed by atoms with E-state index in [9.17, 15) is 26.3 Å². The third-order valence-corrected chi connectivity index (χ3v) is 2.13. The summed E-state index contributed by atoms with van der Waals surface area (Å²) in [5, 5.41) is 18.1. The summed E-state index contributed by atoms with van der Waals surface area (Å²) in [6.07, 6.45) is -7.52. The van der Waals surface area contributed by atoms with Crippen molar-refractivity contribution in [3.05, 3.63) is 23.8 Å². The van der Waals surface area contributed by atoms with E-state index in [4.69, 9.17) is 21.8 Å². The first-order valence-electron chi connectivity index (χ1n) is 4.04. The molecule has 0 saturated carbocycles. The van der Waals surface area contributed by atoms with Crippen molar-refractivity contribution in [3.8, 4) is 0 Å². The highest BCUT2D eigenvalue weighted by Crippen LogP contribution is 2.34. The fourth-order valence-corrected chi connectivity index (χ4v) is 1.33. The maximum Gasteiger partial charge on any atom is 0.302 e. The smallest absolute Gasteiger partial charge is 0.302 e. The Bertz CT molecular complexity index is 333. The van der Waals surface area contributed by atoms with E-state index in [2.05, 4.69) is 0 Å². The molecule has 17 heavy (non-hydrogen) atoms. The average molecular weight is 285 g/mol. The average Bonchev–Trinajstić information content (AvgIpc) is 2.16. The molecule has 0 bridgehead atoms.